The smallest absolute Gasteiger partial charge is 0.242 e. The van der Waals surface area contributed by atoms with Gasteiger partial charge in [0.25, 0.3) is 0 Å². The van der Waals surface area contributed by atoms with Crippen LogP contribution in [-0.2, 0) is 26.0 Å². The first-order valence-corrected chi connectivity index (χ1v) is 15.5. The number of halogens is 1. The Morgan fingerprint density at radius 3 is 2.51 bits per heavy atom. The van der Waals surface area contributed by atoms with Crippen LogP contribution in [-0.4, -0.2) is 99.0 Å². The highest BCUT2D eigenvalue weighted by Crippen LogP contribution is 2.30. The van der Waals surface area contributed by atoms with Gasteiger partial charge >= 0.3 is 0 Å². The molecule has 1 aliphatic heterocycles. The van der Waals surface area contributed by atoms with Crippen molar-refractivity contribution in [2.24, 2.45) is 5.92 Å². The number of ether oxygens (including phenoxy) is 1. The fourth-order valence-electron chi connectivity index (χ4n) is 4.64. The Hall–Kier alpha value is -2.70. The molecule has 2 amide bonds. The average Bonchev–Trinajstić information content (AvgIpc) is 2.95. The van der Waals surface area contributed by atoms with E-state index in [0.717, 1.165) is 6.54 Å². The molecule has 12 heteroatoms. The molecule has 10 nitrogen and oxygen atoms in total. The van der Waals surface area contributed by atoms with Crippen molar-refractivity contribution < 1.29 is 27.9 Å². The van der Waals surface area contributed by atoms with Crippen molar-refractivity contribution in [1.29, 1.82) is 0 Å². The van der Waals surface area contributed by atoms with Crippen LogP contribution < -0.4 is 10.1 Å². The molecule has 41 heavy (non-hydrogen) atoms. The minimum atomic E-state index is -3.84. The van der Waals surface area contributed by atoms with E-state index in [-0.39, 0.29) is 48.7 Å². The number of sulfonamides is 1. The Kier molecular flexibility index (Phi) is 11.6. The molecule has 0 saturated carbocycles. The van der Waals surface area contributed by atoms with Gasteiger partial charge in [-0.25, -0.2) is 8.42 Å². The number of nitrogens with zero attached hydrogens (tertiary/aromatic N) is 3. The third-order valence-corrected chi connectivity index (χ3v) is 9.26. The largest absolute Gasteiger partial charge is 0.488 e. The van der Waals surface area contributed by atoms with Gasteiger partial charge < -0.3 is 25.0 Å². The quantitative estimate of drug-likeness (QED) is 0.402. The van der Waals surface area contributed by atoms with Crippen LogP contribution in [0.2, 0.25) is 5.02 Å². The van der Waals surface area contributed by atoms with Gasteiger partial charge in [0.2, 0.25) is 21.8 Å². The zero-order chi connectivity index (χ0) is 30.3. The summed E-state index contributed by atoms with van der Waals surface area (Å²) in [5, 5.41) is 13.2. The summed E-state index contributed by atoms with van der Waals surface area (Å²) >= 11 is 5.95. The summed E-state index contributed by atoms with van der Waals surface area (Å²) in [4.78, 5) is 29.6. The summed E-state index contributed by atoms with van der Waals surface area (Å²) in [5.41, 5.74) is 1.11. The predicted molar refractivity (Wildman–Crippen MR) is 160 cm³/mol. The number of rotatable bonds is 11. The van der Waals surface area contributed by atoms with E-state index in [9.17, 15) is 23.1 Å². The SMILES string of the molecule is C[C@H]1CN([C@@H](C)CO)C(=O)Cc2cc(NC(=O)CCCN(C)C)ccc2O[C@H]1CN(C)S(=O)(=O)c1ccc(Cl)cc1. The summed E-state index contributed by atoms with van der Waals surface area (Å²) in [5.74, 6) is -0.159. The van der Waals surface area contributed by atoms with Crippen molar-refractivity contribution in [2.45, 2.75) is 50.2 Å². The average molecular weight is 609 g/mol. The molecule has 2 N–H and O–H groups in total. The van der Waals surface area contributed by atoms with E-state index in [0.29, 0.717) is 34.9 Å². The molecule has 3 rings (SSSR count). The van der Waals surface area contributed by atoms with E-state index in [1.165, 1.54) is 35.6 Å². The van der Waals surface area contributed by atoms with Crippen molar-refractivity contribution in [3.63, 3.8) is 0 Å². The first-order chi connectivity index (χ1) is 19.3. The first-order valence-electron chi connectivity index (χ1n) is 13.7. The second-order valence-electron chi connectivity index (χ2n) is 10.9. The molecule has 0 saturated heterocycles. The molecule has 2 aromatic carbocycles. The van der Waals surface area contributed by atoms with E-state index in [2.05, 4.69) is 5.32 Å². The van der Waals surface area contributed by atoms with Gasteiger partial charge in [0.05, 0.1) is 30.5 Å². The van der Waals surface area contributed by atoms with Crippen molar-refractivity contribution in [1.82, 2.24) is 14.1 Å². The molecule has 0 bridgehead atoms. The van der Waals surface area contributed by atoms with Crippen molar-refractivity contribution in [3.8, 4) is 5.75 Å². The number of nitrogens with one attached hydrogen (secondary N) is 1. The Morgan fingerprint density at radius 1 is 1.20 bits per heavy atom. The second kappa shape index (κ2) is 14.5. The number of anilines is 1. The number of hydrogen-bond donors (Lipinski definition) is 2. The third kappa shape index (κ3) is 8.89. The molecular formula is C29H41ClN4O6S. The summed E-state index contributed by atoms with van der Waals surface area (Å²) < 4.78 is 34.3. The summed E-state index contributed by atoms with van der Waals surface area (Å²) in [6, 6.07) is 10.7. The zero-order valence-electron chi connectivity index (χ0n) is 24.3. The molecule has 1 aliphatic rings. The van der Waals surface area contributed by atoms with Crippen molar-refractivity contribution >= 4 is 39.1 Å². The standard InChI is InChI=1S/C29H41ClN4O6S/c1-20-17-34(21(2)19-35)29(37)16-22-15-24(31-28(36)7-6-14-32(3)4)10-13-26(22)40-27(20)18-33(5)41(38,39)25-11-8-23(30)9-12-25/h8-13,15,20-21,27,35H,6-7,14,16-19H2,1-5H3,(H,31,36)/t20-,21-,27-/m0/s1. The van der Waals surface area contributed by atoms with Crippen molar-refractivity contribution in [2.75, 3.05) is 52.7 Å². The van der Waals surface area contributed by atoms with Gasteiger partial charge in [-0.2, -0.15) is 4.31 Å². The number of fused-ring (bicyclic) bond motifs is 1. The van der Waals surface area contributed by atoms with E-state index >= 15 is 0 Å². The highest BCUT2D eigenvalue weighted by Gasteiger charge is 2.33. The highest BCUT2D eigenvalue weighted by molar-refractivity contribution is 7.89. The van der Waals surface area contributed by atoms with Gasteiger partial charge in [-0.15, -0.1) is 0 Å². The maximum Gasteiger partial charge on any atom is 0.242 e. The lowest BCUT2D eigenvalue weighted by Crippen LogP contribution is -2.48. The molecule has 0 unspecified atom stereocenters. The van der Waals surface area contributed by atoms with Gasteiger partial charge in [0.15, 0.2) is 0 Å². The van der Waals surface area contributed by atoms with Crippen LogP contribution in [0, 0.1) is 5.92 Å². The van der Waals surface area contributed by atoms with Crippen molar-refractivity contribution in [3.05, 3.63) is 53.1 Å². The second-order valence-corrected chi connectivity index (χ2v) is 13.4. The molecule has 2 aromatic rings. The lowest BCUT2D eigenvalue weighted by molar-refractivity contribution is -0.134. The van der Waals surface area contributed by atoms with Crippen LogP contribution >= 0.6 is 11.6 Å². The van der Waals surface area contributed by atoms with Gasteiger partial charge in [0, 0.05) is 42.2 Å². The minimum absolute atomic E-state index is 0.00235. The molecule has 1 heterocycles. The maximum atomic E-state index is 13.4. The number of carbonyl (C=O) groups excluding carboxylic acids is 2. The summed E-state index contributed by atoms with van der Waals surface area (Å²) in [6.07, 6.45) is 0.459. The van der Waals surface area contributed by atoms with Crippen LogP contribution in [0.5, 0.6) is 5.75 Å². The van der Waals surface area contributed by atoms with Crippen LogP contribution in [0.15, 0.2) is 47.4 Å². The summed E-state index contributed by atoms with van der Waals surface area (Å²) in [7, 11) is 1.55. The fraction of sp³-hybridized carbons (Fsp3) is 0.517. The number of likely N-dealkylation sites (N-methyl/N-ethyl adjacent to an activating group) is 1. The lowest BCUT2D eigenvalue weighted by atomic mass is 10.0. The number of amides is 2. The highest BCUT2D eigenvalue weighted by atomic mass is 35.5. The topological polar surface area (TPSA) is 119 Å². The Labute approximate surface area is 248 Å². The zero-order valence-corrected chi connectivity index (χ0v) is 25.9. The minimum Gasteiger partial charge on any atom is -0.488 e. The van der Waals surface area contributed by atoms with E-state index in [1.54, 1.807) is 30.0 Å². The molecule has 0 spiro atoms. The van der Waals surface area contributed by atoms with Crippen LogP contribution in [0.1, 0.15) is 32.3 Å². The predicted octanol–water partition coefficient (Wildman–Crippen LogP) is 3.09. The van der Waals surface area contributed by atoms with Gasteiger partial charge in [-0.05, 0) is 76.4 Å². The Bertz CT molecular complexity index is 1300. The monoisotopic (exact) mass is 608 g/mol. The normalized spacial score (nSPS) is 18.8. The number of carbonyl (C=O) groups is 2. The molecule has 0 fully saturated rings. The number of benzene rings is 2. The van der Waals surface area contributed by atoms with Gasteiger partial charge in [0.1, 0.15) is 11.9 Å². The van der Waals surface area contributed by atoms with Gasteiger partial charge in [-0.3, -0.25) is 9.59 Å². The molecule has 0 aromatic heterocycles. The number of aliphatic hydroxyl groups is 1. The van der Waals surface area contributed by atoms with E-state index in [4.69, 9.17) is 16.3 Å². The molecule has 0 radical (unpaired) electrons. The molecule has 3 atom stereocenters. The lowest BCUT2D eigenvalue weighted by Gasteiger charge is -2.33. The van der Waals surface area contributed by atoms with E-state index < -0.39 is 22.2 Å². The summed E-state index contributed by atoms with van der Waals surface area (Å²) in [6.45, 7) is 4.52. The van der Waals surface area contributed by atoms with E-state index in [1.807, 2.05) is 25.9 Å². The molecule has 226 valence electrons. The Balaban J connectivity index is 1.90. The third-order valence-electron chi connectivity index (χ3n) is 7.17. The molecule has 0 aliphatic carbocycles. The molecular weight excluding hydrogens is 568 g/mol. The first kappa shape index (κ1) is 32.8. The van der Waals surface area contributed by atoms with Gasteiger partial charge in [-0.1, -0.05) is 18.5 Å². The van der Waals surface area contributed by atoms with Crippen LogP contribution in [0.4, 0.5) is 5.69 Å². The fourth-order valence-corrected chi connectivity index (χ4v) is 5.95. The Morgan fingerprint density at radius 2 is 1.88 bits per heavy atom. The number of hydrogen-bond acceptors (Lipinski definition) is 7. The van der Waals surface area contributed by atoms with Crippen LogP contribution in [0.3, 0.4) is 0 Å². The number of aliphatic hydroxyl groups excluding tert-OH is 1. The maximum absolute atomic E-state index is 13.4. The van der Waals surface area contributed by atoms with Crippen LogP contribution in [0.25, 0.3) is 0 Å².